The van der Waals surface area contributed by atoms with E-state index in [2.05, 4.69) is 16.0 Å². The van der Waals surface area contributed by atoms with Crippen LogP contribution >= 0.6 is 11.8 Å². The number of hydrogen-bond acceptors (Lipinski definition) is 7. The van der Waals surface area contributed by atoms with Crippen molar-refractivity contribution in [3.63, 3.8) is 0 Å². The van der Waals surface area contributed by atoms with E-state index in [-0.39, 0.29) is 25.3 Å². The van der Waals surface area contributed by atoms with E-state index < -0.39 is 54.2 Å². The van der Waals surface area contributed by atoms with Crippen LogP contribution in [0.1, 0.15) is 39.5 Å². The highest BCUT2D eigenvalue weighted by Crippen LogP contribution is 2.10. The fraction of sp³-hybridized carbons (Fsp3) is 0.722. The fourth-order valence-electron chi connectivity index (χ4n) is 2.50. The van der Waals surface area contributed by atoms with Gasteiger partial charge in [0, 0.05) is 6.42 Å². The summed E-state index contributed by atoms with van der Waals surface area (Å²) in [5.41, 5.74) is 5.29. The molecule has 0 saturated heterocycles. The average molecular weight is 449 g/mol. The highest BCUT2D eigenvalue weighted by atomic mass is 32.2. The zero-order valence-electron chi connectivity index (χ0n) is 17.5. The van der Waals surface area contributed by atoms with Crippen LogP contribution in [0.2, 0.25) is 0 Å². The molecule has 12 heteroatoms. The highest BCUT2D eigenvalue weighted by Gasteiger charge is 2.31. The zero-order chi connectivity index (χ0) is 23.3. The first kappa shape index (κ1) is 27.7. The summed E-state index contributed by atoms with van der Waals surface area (Å²) in [6.07, 6.45) is 1.86. The molecular formula is C18H32N4O7S. The maximum Gasteiger partial charge on any atom is 0.326 e. The van der Waals surface area contributed by atoms with Gasteiger partial charge in [-0.05, 0) is 30.8 Å². The van der Waals surface area contributed by atoms with Crippen LogP contribution in [-0.4, -0.2) is 76.6 Å². The van der Waals surface area contributed by atoms with Crippen molar-refractivity contribution in [2.24, 2.45) is 11.7 Å². The van der Waals surface area contributed by atoms with E-state index >= 15 is 0 Å². The highest BCUT2D eigenvalue weighted by molar-refractivity contribution is 7.98. The summed E-state index contributed by atoms with van der Waals surface area (Å²) in [7, 11) is 0. The van der Waals surface area contributed by atoms with Crippen LogP contribution in [0.15, 0.2) is 0 Å². The molecule has 11 nitrogen and oxygen atoms in total. The van der Waals surface area contributed by atoms with Gasteiger partial charge in [0.1, 0.15) is 18.1 Å². The third-order valence-corrected chi connectivity index (χ3v) is 5.15. The summed E-state index contributed by atoms with van der Waals surface area (Å²) in [5, 5.41) is 25.5. The Bertz CT molecular complexity index is 617. The Morgan fingerprint density at radius 1 is 0.967 bits per heavy atom. The van der Waals surface area contributed by atoms with E-state index in [1.807, 2.05) is 6.92 Å². The summed E-state index contributed by atoms with van der Waals surface area (Å²) < 4.78 is 0. The molecular weight excluding hydrogens is 416 g/mol. The van der Waals surface area contributed by atoms with Crippen molar-refractivity contribution in [1.82, 2.24) is 16.0 Å². The fourth-order valence-corrected chi connectivity index (χ4v) is 2.97. The van der Waals surface area contributed by atoms with Crippen molar-refractivity contribution in [2.45, 2.75) is 57.7 Å². The summed E-state index contributed by atoms with van der Waals surface area (Å²) in [4.78, 5) is 59.3. The van der Waals surface area contributed by atoms with Gasteiger partial charge in [0.2, 0.25) is 17.7 Å². The molecule has 0 saturated carbocycles. The molecule has 0 radical (unpaired) electrons. The SMILES string of the molecule is CCC(C)C(NC(=O)CN)C(=O)NC(CCC(=O)O)C(=O)NC(CCSC)C(=O)O. The molecule has 0 heterocycles. The first-order valence-electron chi connectivity index (χ1n) is 9.60. The molecule has 3 amide bonds. The maximum atomic E-state index is 12.7. The van der Waals surface area contributed by atoms with E-state index in [4.69, 9.17) is 10.8 Å². The predicted octanol–water partition coefficient (Wildman–Crippen LogP) is -0.852. The molecule has 0 aromatic heterocycles. The second-order valence-electron chi connectivity index (χ2n) is 6.81. The maximum absolute atomic E-state index is 12.7. The first-order chi connectivity index (χ1) is 14.1. The van der Waals surface area contributed by atoms with Crippen molar-refractivity contribution in [1.29, 1.82) is 0 Å². The van der Waals surface area contributed by atoms with Crippen LogP contribution in [0, 0.1) is 5.92 Å². The molecule has 7 N–H and O–H groups in total. The van der Waals surface area contributed by atoms with Gasteiger partial charge in [0.05, 0.1) is 6.54 Å². The van der Waals surface area contributed by atoms with Crippen LogP contribution < -0.4 is 21.7 Å². The lowest BCUT2D eigenvalue weighted by atomic mass is 9.97. The Balaban J connectivity index is 5.43. The number of aliphatic carboxylic acids is 2. The Labute approximate surface area is 179 Å². The van der Waals surface area contributed by atoms with E-state index in [1.165, 1.54) is 11.8 Å². The minimum absolute atomic E-state index is 0.171. The number of carboxylic acid groups (broad SMARTS) is 2. The number of nitrogens with two attached hydrogens (primary N) is 1. The van der Waals surface area contributed by atoms with Crippen LogP contribution in [0.25, 0.3) is 0 Å². The lowest BCUT2D eigenvalue weighted by Gasteiger charge is -2.27. The number of hydrogen-bond donors (Lipinski definition) is 6. The van der Waals surface area contributed by atoms with E-state index in [0.29, 0.717) is 12.2 Å². The summed E-state index contributed by atoms with van der Waals surface area (Å²) in [6, 6.07) is -3.42. The van der Waals surface area contributed by atoms with Gasteiger partial charge in [-0.3, -0.25) is 19.2 Å². The smallest absolute Gasteiger partial charge is 0.326 e. The Morgan fingerprint density at radius 3 is 2.03 bits per heavy atom. The van der Waals surface area contributed by atoms with Gasteiger partial charge in [0.15, 0.2) is 0 Å². The molecule has 4 atom stereocenters. The van der Waals surface area contributed by atoms with E-state index in [0.717, 1.165) is 0 Å². The molecule has 0 bridgehead atoms. The molecule has 4 unspecified atom stereocenters. The molecule has 0 aromatic rings. The standard InChI is InChI=1S/C18H32N4O7S/c1-4-10(2)15(22-13(23)9-19)17(27)20-11(5-6-14(24)25)16(26)21-12(18(28)29)7-8-30-3/h10-12,15H,4-9,19H2,1-3H3,(H,20,27)(H,21,26)(H,22,23)(H,24,25)(H,28,29). The zero-order valence-corrected chi connectivity index (χ0v) is 18.3. The molecule has 30 heavy (non-hydrogen) atoms. The van der Waals surface area contributed by atoms with E-state index in [1.54, 1.807) is 13.2 Å². The number of carboxylic acids is 2. The monoisotopic (exact) mass is 448 g/mol. The minimum atomic E-state index is -1.27. The normalized spacial score (nSPS) is 14.7. The van der Waals surface area contributed by atoms with Gasteiger partial charge < -0.3 is 31.9 Å². The number of nitrogens with one attached hydrogen (secondary N) is 3. The summed E-state index contributed by atoms with van der Waals surface area (Å²) in [5.74, 6) is -4.21. The molecule has 0 aliphatic carbocycles. The molecule has 0 aliphatic heterocycles. The second kappa shape index (κ2) is 14.6. The van der Waals surface area contributed by atoms with Gasteiger partial charge >= 0.3 is 11.9 Å². The Kier molecular flexibility index (Phi) is 13.5. The lowest BCUT2D eigenvalue weighted by Crippen LogP contribution is -2.57. The Morgan fingerprint density at radius 2 is 1.57 bits per heavy atom. The van der Waals surface area contributed by atoms with Gasteiger partial charge in [-0.1, -0.05) is 20.3 Å². The van der Waals surface area contributed by atoms with Gasteiger partial charge in [-0.15, -0.1) is 0 Å². The van der Waals surface area contributed by atoms with Crippen molar-refractivity contribution in [3.05, 3.63) is 0 Å². The van der Waals surface area contributed by atoms with E-state index in [9.17, 15) is 29.1 Å². The molecule has 0 aliphatic rings. The van der Waals surface area contributed by atoms with Crippen LogP contribution in [-0.2, 0) is 24.0 Å². The molecule has 172 valence electrons. The van der Waals surface area contributed by atoms with Crippen LogP contribution in [0.3, 0.4) is 0 Å². The predicted molar refractivity (Wildman–Crippen MR) is 112 cm³/mol. The molecule has 0 rings (SSSR count). The quantitative estimate of drug-likeness (QED) is 0.185. The largest absolute Gasteiger partial charge is 0.481 e. The number of carbonyl (C=O) groups is 5. The third-order valence-electron chi connectivity index (χ3n) is 4.50. The second-order valence-corrected chi connectivity index (χ2v) is 7.79. The van der Waals surface area contributed by atoms with Gasteiger partial charge in [0.25, 0.3) is 0 Å². The van der Waals surface area contributed by atoms with Crippen molar-refractivity contribution < 1.29 is 34.2 Å². The van der Waals surface area contributed by atoms with Crippen LogP contribution in [0.5, 0.6) is 0 Å². The van der Waals surface area contributed by atoms with Crippen LogP contribution in [0.4, 0.5) is 0 Å². The molecule has 0 aromatic carbocycles. The summed E-state index contributed by atoms with van der Waals surface area (Å²) >= 11 is 1.41. The number of carbonyl (C=O) groups excluding carboxylic acids is 3. The summed E-state index contributed by atoms with van der Waals surface area (Å²) in [6.45, 7) is 3.23. The third kappa shape index (κ3) is 10.4. The number of thioether (sulfide) groups is 1. The number of rotatable bonds is 15. The van der Waals surface area contributed by atoms with Crippen molar-refractivity contribution >= 4 is 41.4 Å². The average Bonchev–Trinajstić information content (AvgIpc) is 2.70. The van der Waals surface area contributed by atoms with Gasteiger partial charge in [-0.2, -0.15) is 11.8 Å². The van der Waals surface area contributed by atoms with Gasteiger partial charge in [-0.25, -0.2) is 4.79 Å². The molecule has 0 spiro atoms. The lowest BCUT2D eigenvalue weighted by molar-refractivity contribution is -0.143. The van der Waals surface area contributed by atoms with Crippen molar-refractivity contribution in [3.8, 4) is 0 Å². The molecule has 0 fully saturated rings. The Hall–Kier alpha value is -2.34. The minimum Gasteiger partial charge on any atom is -0.481 e. The first-order valence-corrected chi connectivity index (χ1v) is 11.0. The topological polar surface area (TPSA) is 188 Å². The number of amides is 3. The van der Waals surface area contributed by atoms with Crippen molar-refractivity contribution in [2.75, 3.05) is 18.6 Å².